The predicted octanol–water partition coefficient (Wildman–Crippen LogP) is 3.50. The number of nitrogens with zero attached hydrogens (tertiary/aromatic N) is 4. The van der Waals surface area contributed by atoms with E-state index in [2.05, 4.69) is 39.9 Å². The summed E-state index contributed by atoms with van der Waals surface area (Å²) in [5.74, 6) is 3.50. The number of nitrogens with one attached hydrogen (secondary N) is 2. The zero-order valence-electron chi connectivity index (χ0n) is 17.3. The number of rotatable bonds is 6. The van der Waals surface area contributed by atoms with Crippen LogP contribution in [0.4, 0.5) is 17.6 Å². The van der Waals surface area contributed by atoms with Crippen molar-refractivity contribution < 1.29 is 4.74 Å². The summed E-state index contributed by atoms with van der Waals surface area (Å²) in [6.07, 6.45) is 1.03. The summed E-state index contributed by atoms with van der Waals surface area (Å²) in [5.41, 5.74) is 7.16. The first-order chi connectivity index (χ1) is 14.7. The molecule has 2 N–H and O–H groups in total. The maximum absolute atomic E-state index is 5.29. The Balaban J connectivity index is 1.44. The molecule has 30 heavy (non-hydrogen) atoms. The van der Waals surface area contributed by atoms with E-state index in [0.29, 0.717) is 12.5 Å². The molecule has 0 amide bonds. The molecule has 3 heterocycles. The lowest BCUT2D eigenvalue weighted by Gasteiger charge is -2.32. The second-order valence-corrected chi connectivity index (χ2v) is 7.75. The SMILES string of the molecule is COc1ccc(CN2CCC3NN(C)c4nc(NCc5ccccc5)nc2c43)cc1. The maximum atomic E-state index is 5.29. The van der Waals surface area contributed by atoms with Crippen LogP contribution in [0.25, 0.3) is 0 Å². The van der Waals surface area contributed by atoms with E-state index in [1.54, 1.807) is 7.11 Å². The molecule has 154 valence electrons. The average Bonchev–Trinajstić information content (AvgIpc) is 3.11. The fourth-order valence-electron chi connectivity index (χ4n) is 4.17. The van der Waals surface area contributed by atoms with E-state index >= 15 is 0 Å². The number of anilines is 3. The normalized spacial score (nSPS) is 17.1. The molecule has 0 radical (unpaired) electrons. The number of aromatic nitrogens is 2. The molecule has 2 aliphatic heterocycles. The van der Waals surface area contributed by atoms with Crippen molar-refractivity contribution in [3.8, 4) is 5.75 Å². The molecule has 1 atom stereocenters. The van der Waals surface area contributed by atoms with Gasteiger partial charge in [-0.2, -0.15) is 9.97 Å². The maximum Gasteiger partial charge on any atom is 0.226 e. The molecule has 3 aromatic rings. The van der Waals surface area contributed by atoms with Crippen LogP contribution in [0.5, 0.6) is 5.75 Å². The monoisotopic (exact) mass is 402 g/mol. The van der Waals surface area contributed by atoms with Crippen LogP contribution in [0.2, 0.25) is 0 Å². The minimum absolute atomic E-state index is 0.273. The van der Waals surface area contributed by atoms with Gasteiger partial charge >= 0.3 is 0 Å². The molecule has 2 aliphatic rings. The van der Waals surface area contributed by atoms with Crippen molar-refractivity contribution >= 4 is 17.6 Å². The minimum Gasteiger partial charge on any atom is -0.497 e. The Labute approximate surface area is 176 Å². The molecule has 2 aromatic carbocycles. The van der Waals surface area contributed by atoms with Gasteiger partial charge in [-0.15, -0.1) is 0 Å². The van der Waals surface area contributed by atoms with Crippen molar-refractivity contribution in [2.75, 3.05) is 35.9 Å². The van der Waals surface area contributed by atoms with Crippen LogP contribution >= 0.6 is 0 Å². The number of hydrogen-bond acceptors (Lipinski definition) is 7. The first kappa shape index (κ1) is 18.7. The highest BCUT2D eigenvalue weighted by Gasteiger charge is 2.37. The molecule has 0 bridgehead atoms. The van der Waals surface area contributed by atoms with Crippen molar-refractivity contribution in [1.82, 2.24) is 15.4 Å². The quantitative estimate of drug-likeness (QED) is 0.654. The van der Waals surface area contributed by atoms with E-state index in [1.165, 1.54) is 16.7 Å². The van der Waals surface area contributed by atoms with Crippen molar-refractivity contribution in [3.05, 3.63) is 71.3 Å². The van der Waals surface area contributed by atoms with Crippen LogP contribution in [0.1, 0.15) is 29.2 Å². The van der Waals surface area contributed by atoms with Gasteiger partial charge in [0.1, 0.15) is 11.6 Å². The molecule has 1 unspecified atom stereocenters. The van der Waals surface area contributed by atoms with Gasteiger partial charge in [0.15, 0.2) is 5.82 Å². The fraction of sp³-hybridized carbons (Fsp3) is 0.304. The highest BCUT2D eigenvalue weighted by molar-refractivity contribution is 5.68. The topological polar surface area (TPSA) is 65.6 Å². The number of hydrogen-bond donors (Lipinski definition) is 2. The molecule has 1 aromatic heterocycles. The molecule has 0 saturated carbocycles. The first-order valence-corrected chi connectivity index (χ1v) is 10.3. The van der Waals surface area contributed by atoms with Crippen molar-refractivity contribution in [2.45, 2.75) is 25.6 Å². The summed E-state index contributed by atoms with van der Waals surface area (Å²) < 4.78 is 5.29. The van der Waals surface area contributed by atoms with Crippen LogP contribution in [-0.2, 0) is 13.1 Å². The van der Waals surface area contributed by atoms with Crippen LogP contribution in [0.15, 0.2) is 54.6 Å². The molecule has 7 heteroatoms. The van der Waals surface area contributed by atoms with Crippen LogP contribution in [0, 0.1) is 0 Å². The molecular weight excluding hydrogens is 376 g/mol. The molecule has 7 nitrogen and oxygen atoms in total. The zero-order chi connectivity index (χ0) is 20.5. The Morgan fingerprint density at radius 1 is 1.03 bits per heavy atom. The standard InChI is InChI=1S/C23H26N6O/c1-28-21-20-19(27-28)12-13-29(15-17-8-10-18(30-2)11-9-17)22(20)26-23(25-21)24-14-16-6-4-3-5-7-16/h3-11,19,27H,12-15H2,1-2H3,(H,24,25,26). The molecule has 0 aliphatic carbocycles. The van der Waals surface area contributed by atoms with E-state index in [9.17, 15) is 0 Å². The summed E-state index contributed by atoms with van der Waals surface area (Å²) in [7, 11) is 3.72. The predicted molar refractivity (Wildman–Crippen MR) is 119 cm³/mol. The van der Waals surface area contributed by atoms with Gasteiger partial charge in [0.2, 0.25) is 5.95 Å². The Kier molecular flexibility index (Phi) is 4.88. The summed E-state index contributed by atoms with van der Waals surface area (Å²) in [5, 5.41) is 5.43. The Hall–Kier alpha value is -3.32. The molecule has 0 fully saturated rings. The van der Waals surface area contributed by atoms with Crippen molar-refractivity contribution in [2.24, 2.45) is 0 Å². The third-order valence-corrected chi connectivity index (χ3v) is 5.73. The van der Waals surface area contributed by atoms with E-state index in [4.69, 9.17) is 14.7 Å². The van der Waals surface area contributed by atoms with Gasteiger partial charge in [-0.3, -0.25) is 5.01 Å². The average molecular weight is 403 g/mol. The smallest absolute Gasteiger partial charge is 0.226 e. The summed E-state index contributed by atoms with van der Waals surface area (Å²) in [4.78, 5) is 12.1. The number of methoxy groups -OCH3 is 1. The van der Waals surface area contributed by atoms with Crippen LogP contribution < -0.4 is 25.4 Å². The number of hydrazine groups is 1. The number of benzene rings is 2. The molecule has 0 saturated heterocycles. The van der Waals surface area contributed by atoms with Crippen molar-refractivity contribution in [1.29, 1.82) is 0 Å². The van der Waals surface area contributed by atoms with E-state index < -0.39 is 0 Å². The second-order valence-electron chi connectivity index (χ2n) is 7.75. The van der Waals surface area contributed by atoms with Crippen LogP contribution in [-0.4, -0.2) is 30.7 Å². The summed E-state index contributed by atoms with van der Waals surface area (Å²) in [6.45, 7) is 2.44. The first-order valence-electron chi connectivity index (χ1n) is 10.3. The summed E-state index contributed by atoms with van der Waals surface area (Å²) >= 11 is 0. The minimum atomic E-state index is 0.273. The van der Waals surface area contributed by atoms with Gasteiger partial charge < -0.3 is 15.0 Å². The van der Waals surface area contributed by atoms with E-state index in [0.717, 1.165) is 36.9 Å². The van der Waals surface area contributed by atoms with Gasteiger partial charge in [-0.05, 0) is 29.7 Å². The number of ether oxygens (including phenoxy) is 1. The largest absolute Gasteiger partial charge is 0.497 e. The van der Waals surface area contributed by atoms with E-state index in [1.807, 2.05) is 42.4 Å². The second kappa shape index (κ2) is 7.84. The van der Waals surface area contributed by atoms with Gasteiger partial charge in [0, 0.05) is 26.7 Å². The molecule has 0 spiro atoms. The third kappa shape index (κ3) is 3.52. The summed E-state index contributed by atoms with van der Waals surface area (Å²) in [6, 6.07) is 18.8. The van der Waals surface area contributed by atoms with Crippen molar-refractivity contribution in [3.63, 3.8) is 0 Å². The fourth-order valence-corrected chi connectivity index (χ4v) is 4.17. The lowest BCUT2D eigenvalue weighted by atomic mass is 10.0. The van der Waals surface area contributed by atoms with Gasteiger partial charge in [0.25, 0.3) is 0 Å². The lowest BCUT2D eigenvalue weighted by Crippen LogP contribution is -2.36. The zero-order valence-corrected chi connectivity index (χ0v) is 17.3. The van der Waals surface area contributed by atoms with E-state index in [-0.39, 0.29) is 6.04 Å². The Morgan fingerprint density at radius 3 is 2.57 bits per heavy atom. The third-order valence-electron chi connectivity index (χ3n) is 5.73. The molecule has 5 rings (SSSR count). The van der Waals surface area contributed by atoms with Gasteiger partial charge in [-0.1, -0.05) is 42.5 Å². The highest BCUT2D eigenvalue weighted by atomic mass is 16.5. The van der Waals surface area contributed by atoms with Crippen LogP contribution in [0.3, 0.4) is 0 Å². The Morgan fingerprint density at radius 2 is 1.80 bits per heavy atom. The lowest BCUT2D eigenvalue weighted by molar-refractivity contribution is 0.414. The highest BCUT2D eigenvalue weighted by Crippen LogP contribution is 2.43. The van der Waals surface area contributed by atoms with Gasteiger partial charge in [0.05, 0.1) is 18.7 Å². The Bertz CT molecular complexity index is 1020. The van der Waals surface area contributed by atoms with Gasteiger partial charge in [-0.25, -0.2) is 5.43 Å². The molecular formula is C23H26N6O.